The summed E-state index contributed by atoms with van der Waals surface area (Å²) in [5, 5.41) is 4.76. The summed E-state index contributed by atoms with van der Waals surface area (Å²) >= 11 is 1.37. The summed E-state index contributed by atoms with van der Waals surface area (Å²) in [5.41, 5.74) is 2.48. The number of nitrogens with zero attached hydrogens (tertiary/aromatic N) is 2. The lowest BCUT2D eigenvalue weighted by Crippen LogP contribution is -2.16. The number of imidazole rings is 1. The number of amides is 1. The molecule has 2 heterocycles. The highest BCUT2D eigenvalue weighted by atomic mass is 32.1. The van der Waals surface area contributed by atoms with Gasteiger partial charge in [-0.25, -0.2) is 4.98 Å². The van der Waals surface area contributed by atoms with Gasteiger partial charge in [0.25, 0.3) is 5.91 Å². The second-order valence-corrected chi connectivity index (χ2v) is 7.19. The summed E-state index contributed by atoms with van der Waals surface area (Å²) in [6.45, 7) is 0.664. The highest BCUT2D eigenvalue weighted by Gasteiger charge is 2.18. The van der Waals surface area contributed by atoms with E-state index in [0.717, 1.165) is 5.56 Å². The molecule has 0 atom stereocenters. The first-order valence-electron chi connectivity index (χ1n) is 8.74. The van der Waals surface area contributed by atoms with Gasteiger partial charge in [0, 0.05) is 30.2 Å². The fraction of sp³-hybridized carbons (Fsp3) is 0.0455. The minimum atomic E-state index is -0.305. The third kappa shape index (κ3) is 3.92. The number of nitrogens with one attached hydrogen (secondary N) is 1. The maximum atomic E-state index is 12.9. The molecule has 0 spiro atoms. The van der Waals surface area contributed by atoms with Gasteiger partial charge in [0.05, 0.1) is 16.8 Å². The average molecular weight is 387 g/mol. The molecule has 4 aromatic rings. The lowest BCUT2D eigenvalue weighted by atomic mass is 10.0. The van der Waals surface area contributed by atoms with Crippen LogP contribution < -0.4 is 5.32 Å². The molecule has 5 nitrogen and oxygen atoms in total. The van der Waals surface area contributed by atoms with Gasteiger partial charge in [0.2, 0.25) is 5.78 Å². The summed E-state index contributed by atoms with van der Waals surface area (Å²) in [5.74, 6) is -0.449. The number of thiophene rings is 1. The normalized spacial score (nSPS) is 10.6. The van der Waals surface area contributed by atoms with Gasteiger partial charge in [0.1, 0.15) is 0 Å². The van der Waals surface area contributed by atoms with E-state index >= 15 is 0 Å². The van der Waals surface area contributed by atoms with Gasteiger partial charge in [-0.1, -0.05) is 36.4 Å². The van der Waals surface area contributed by atoms with Gasteiger partial charge in [-0.05, 0) is 35.2 Å². The molecule has 0 bridgehead atoms. The lowest BCUT2D eigenvalue weighted by molar-refractivity contribution is 0.0998. The predicted octanol–water partition coefficient (Wildman–Crippen LogP) is 4.48. The standard InChI is InChI=1S/C22H17N3O2S/c26-21(20-9-4-12-28-20)18-7-1-2-8-19(18)22(27)24-17-6-3-5-16(13-17)14-25-11-10-23-15-25/h1-13,15H,14H2,(H,24,27). The van der Waals surface area contributed by atoms with Crippen molar-refractivity contribution in [2.24, 2.45) is 0 Å². The number of carbonyl (C=O) groups is 2. The number of hydrogen-bond acceptors (Lipinski definition) is 4. The molecule has 2 aromatic heterocycles. The van der Waals surface area contributed by atoms with Gasteiger partial charge in [0.15, 0.2) is 0 Å². The molecule has 0 saturated heterocycles. The third-order valence-electron chi connectivity index (χ3n) is 4.27. The maximum Gasteiger partial charge on any atom is 0.256 e. The summed E-state index contributed by atoms with van der Waals surface area (Å²) in [7, 11) is 0. The molecule has 4 rings (SSSR count). The van der Waals surface area contributed by atoms with Gasteiger partial charge in [-0.3, -0.25) is 9.59 Å². The van der Waals surface area contributed by atoms with E-state index in [1.54, 1.807) is 42.9 Å². The first-order chi connectivity index (χ1) is 13.7. The highest BCUT2D eigenvalue weighted by molar-refractivity contribution is 7.12. The largest absolute Gasteiger partial charge is 0.333 e. The van der Waals surface area contributed by atoms with Crippen molar-refractivity contribution in [1.82, 2.24) is 9.55 Å². The van der Waals surface area contributed by atoms with Crippen LogP contribution in [-0.4, -0.2) is 21.2 Å². The molecule has 0 radical (unpaired) electrons. The van der Waals surface area contributed by atoms with E-state index < -0.39 is 0 Å². The predicted molar refractivity (Wildman–Crippen MR) is 110 cm³/mol. The molecule has 1 N–H and O–H groups in total. The number of ketones is 1. The summed E-state index contributed by atoms with van der Waals surface area (Å²) in [4.78, 5) is 30.3. The number of rotatable bonds is 6. The number of aromatic nitrogens is 2. The van der Waals surface area contributed by atoms with E-state index in [1.807, 2.05) is 46.5 Å². The molecular formula is C22H17N3O2S. The first-order valence-corrected chi connectivity index (χ1v) is 9.62. The van der Waals surface area contributed by atoms with Crippen molar-refractivity contribution in [1.29, 1.82) is 0 Å². The van der Waals surface area contributed by atoms with Gasteiger partial charge in [-0.15, -0.1) is 11.3 Å². The lowest BCUT2D eigenvalue weighted by Gasteiger charge is -2.10. The Balaban J connectivity index is 1.55. The molecule has 28 heavy (non-hydrogen) atoms. The molecule has 2 aromatic carbocycles. The Morgan fingerprint density at radius 1 is 1.00 bits per heavy atom. The molecule has 0 saturated carbocycles. The van der Waals surface area contributed by atoms with E-state index in [4.69, 9.17) is 0 Å². The molecule has 1 amide bonds. The van der Waals surface area contributed by atoms with E-state index in [0.29, 0.717) is 28.2 Å². The number of anilines is 1. The van der Waals surface area contributed by atoms with Crippen LogP contribution in [0.2, 0.25) is 0 Å². The van der Waals surface area contributed by atoms with Crippen molar-refractivity contribution in [3.05, 3.63) is 106 Å². The van der Waals surface area contributed by atoms with Crippen LogP contribution in [-0.2, 0) is 6.54 Å². The van der Waals surface area contributed by atoms with Crippen LogP contribution in [0, 0.1) is 0 Å². The zero-order valence-electron chi connectivity index (χ0n) is 14.9. The Labute approximate surface area is 166 Å². The van der Waals surface area contributed by atoms with Crippen molar-refractivity contribution in [3.8, 4) is 0 Å². The Morgan fingerprint density at radius 3 is 2.61 bits per heavy atom. The molecule has 6 heteroatoms. The molecule has 0 unspecified atom stereocenters. The molecule has 138 valence electrons. The highest BCUT2D eigenvalue weighted by Crippen LogP contribution is 2.20. The van der Waals surface area contributed by atoms with Gasteiger partial charge >= 0.3 is 0 Å². The molecular weight excluding hydrogens is 370 g/mol. The quantitative estimate of drug-likeness (QED) is 0.496. The monoisotopic (exact) mass is 387 g/mol. The molecule has 0 aliphatic rings. The molecule has 0 aliphatic heterocycles. The Hall–Kier alpha value is -3.51. The van der Waals surface area contributed by atoms with E-state index in [9.17, 15) is 9.59 Å². The van der Waals surface area contributed by atoms with E-state index in [2.05, 4.69) is 10.3 Å². The van der Waals surface area contributed by atoms with E-state index in [1.165, 1.54) is 11.3 Å². The maximum absolute atomic E-state index is 12.9. The van der Waals surface area contributed by atoms with Crippen molar-refractivity contribution >= 4 is 28.7 Å². The van der Waals surface area contributed by atoms with Crippen LogP contribution >= 0.6 is 11.3 Å². The smallest absolute Gasteiger partial charge is 0.256 e. The van der Waals surface area contributed by atoms with Crippen LogP contribution in [0.15, 0.2) is 84.8 Å². The topological polar surface area (TPSA) is 64.0 Å². The Morgan fingerprint density at radius 2 is 1.86 bits per heavy atom. The van der Waals surface area contributed by atoms with Crippen LogP contribution in [0.5, 0.6) is 0 Å². The Bertz CT molecular complexity index is 1100. The van der Waals surface area contributed by atoms with Crippen molar-refractivity contribution in [2.75, 3.05) is 5.32 Å². The fourth-order valence-corrected chi connectivity index (χ4v) is 3.63. The van der Waals surface area contributed by atoms with Crippen molar-refractivity contribution < 1.29 is 9.59 Å². The second-order valence-electron chi connectivity index (χ2n) is 6.24. The van der Waals surface area contributed by atoms with Crippen LogP contribution in [0.4, 0.5) is 5.69 Å². The summed E-state index contributed by atoms with van der Waals surface area (Å²) in [6, 6.07) is 18.1. The number of carbonyl (C=O) groups excluding carboxylic acids is 2. The summed E-state index contributed by atoms with van der Waals surface area (Å²) in [6.07, 6.45) is 5.36. The Kier molecular flexibility index (Phi) is 5.12. The molecule has 0 fully saturated rings. The summed E-state index contributed by atoms with van der Waals surface area (Å²) < 4.78 is 1.95. The SMILES string of the molecule is O=C(Nc1cccc(Cn2ccnc2)c1)c1ccccc1C(=O)c1cccs1. The van der Waals surface area contributed by atoms with Crippen LogP contribution in [0.1, 0.15) is 31.2 Å². The van der Waals surface area contributed by atoms with Crippen LogP contribution in [0.25, 0.3) is 0 Å². The zero-order chi connectivity index (χ0) is 19.3. The minimum absolute atomic E-state index is 0.144. The van der Waals surface area contributed by atoms with Crippen molar-refractivity contribution in [2.45, 2.75) is 6.54 Å². The second kappa shape index (κ2) is 8.02. The first kappa shape index (κ1) is 17.9. The van der Waals surface area contributed by atoms with Crippen LogP contribution in [0.3, 0.4) is 0 Å². The minimum Gasteiger partial charge on any atom is -0.333 e. The van der Waals surface area contributed by atoms with Crippen molar-refractivity contribution in [3.63, 3.8) is 0 Å². The number of benzene rings is 2. The average Bonchev–Trinajstić information content (AvgIpc) is 3.42. The van der Waals surface area contributed by atoms with Gasteiger partial charge in [-0.2, -0.15) is 0 Å². The van der Waals surface area contributed by atoms with Gasteiger partial charge < -0.3 is 9.88 Å². The van der Waals surface area contributed by atoms with E-state index in [-0.39, 0.29) is 11.7 Å². The third-order valence-corrected chi connectivity index (χ3v) is 5.14. The molecule has 0 aliphatic carbocycles. The zero-order valence-corrected chi connectivity index (χ0v) is 15.7. The fourth-order valence-electron chi connectivity index (χ4n) is 2.96. The number of hydrogen-bond donors (Lipinski definition) is 1.